The number of carbonyl (C=O) groups is 3. The van der Waals surface area contributed by atoms with Gasteiger partial charge in [-0.25, -0.2) is 0 Å². The number of esters is 3. The van der Waals surface area contributed by atoms with Gasteiger partial charge in [0.05, 0.1) is 0 Å². The third-order valence-electron chi connectivity index (χ3n) is 14.7. The van der Waals surface area contributed by atoms with Crippen LogP contribution in [0.1, 0.15) is 323 Å². The summed E-state index contributed by atoms with van der Waals surface area (Å²) in [5.41, 5.74) is 0. The topological polar surface area (TPSA) is 78.9 Å². The lowest BCUT2D eigenvalue weighted by molar-refractivity contribution is -0.166. The summed E-state index contributed by atoms with van der Waals surface area (Å²) >= 11 is 0. The van der Waals surface area contributed by atoms with Gasteiger partial charge >= 0.3 is 17.9 Å². The molecule has 6 nitrogen and oxygen atoms in total. The van der Waals surface area contributed by atoms with Gasteiger partial charge in [0.25, 0.3) is 0 Å². The third-order valence-corrected chi connectivity index (χ3v) is 14.7. The summed E-state index contributed by atoms with van der Waals surface area (Å²) in [7, 11) is 0. The minimum Gasteiger partial charge on any atom is -0.462 e. The average Bonchev–Trinajstić information content (AvgIpc) is 3.47. The van der Waals surface area contributed by atoms with Crippen molar-refractivity contribution in [3.8, 4) is 0 Å². The van der Waals surface area contributed by atoms with E-state index in [9.17, 15) is 14.4 Å². The highest BCUT2D eigenvalue weighted by Crippen LogP contribution is 2.17. The highest BCUT2D eigenvalue weighted by atomic mass is 16.6. The minimum atomic E-state index is -0.828. The second-order valence-electron chi connectivity index (χ2n) is 22.7. The predicted molar refractivity (Wildman–Crippen MR) is 357 cm³/mol. The molecule has 0 saturated heterocycles. The lowest BCUT2D eigenvalue weighted by Gasteiger charge is -2.18. The fourth-order valence-electron chi connectivity index (χ4n) is 9.52. The highest BCUT2D eigenvalue weighted by molar-refractivity contribution is 5.71. The van der Waals surface area contributed by atoms with Crippen molar-refractivity contribution >= 4 is 17.9 Å². The van der Waals surface area contributed by atoms with Crippen LogP contribution in [0.2, 0.25) is 0 Å². The Balaban J connectivity index is 4.30. The lowest BCUT2D eigenvalue weighted by Crippen LogP contribution is -2.30. The Hall–Kier alpha value is -4.19. The van der Waals surface area contributed by atoms with Gasteiger partial charge in [-0.05, 0) is 116 Å². The van der Waals surface area contributed by atoms with Crippen molar-refractivity contribution in [2.24, 2.45) is 0 Å². The molecule has 0 aliphatic carbocycles. The number of unbranched alkanes of at least 4 members (excludes halogenated alkanes) is 31. The van der Waals surface area contributed by atoms with E-state index in [4.69, 9.17) is 14.2 Å². The molecule has 1 unspecified atom stereocenters. The van der Waals surface area contributed by atoms with E-state index >= 15 is 0 Å². The normalized spacial score (nSPS) is 12.9. The maximum Gasteiger partial charge on any atom is 0.306 e. The van der Waals surface area contributed by atoms with Crippen LogP contribution in [0, 0.1) is 0 Å². The summed E-state index contributed by atoms with van der Waals surface area (Å²) in [6.45, 7) is 6.42. The van der Waals surface area contributed by atoms with E-state index in [0.717, 1.165) is 109 Å². The molecule has 0 aromatic rings. The third kappa shape index (κ3) is 66.6. The molecule has 0 amide bonds. The van der Waals surface area contributed by atoms with Crippen molar-refractivity contribution in [2.75, 3.05) is 13.2 Å². The standard InChI is InChI=1S/C76H128O6/c1-4-7-10-13-16-19-22-25-28-30-32-33-34-35-36-37-38-39-40-41-42-43-45-46-48-51-54-57-60-63-66-69-75(78)81-72-73(71-80-74(77)68-65-62-59-56-53-50-27-24-21-18-15-12-9-6-3)82-76(79)70-67-64-61-58-55-52-49-47-44-31-29-26-23-20-17-14-11-8-5-2/h8,11,15,17-18,20,22,24-27,29-30,32,44,47,52,55,61,64,73H,4-7,9-10,12-14,16,19,21,23,28,31,33-43,45-46,48-51,53-54,56-60,62-63,65-72H2,1-3H3/b11-8-,18-15-,20-17-,25-22-,27-24-,29-26-,32-30-,47-44-,55-52-,64-61-. The SMILES string of the molecule is CC/C=C\C/C=C\C/C=C\C/C=C\C/C=C\C/C=C\CCC(=O)OC(COC(=O)CCCCCCC/C=C\C/C=C\CCCC)COC(=O)CCCCCCCCCCCCCCCCCCCCC/C=C\C/C=C\CCCCCCC. The largest absolute Gasteiger partial charge is 0.462 e. The van der Waals surface area contributed by atoms with Gasteiger partial charge in [0.15, 0.2) is 6.10 Å². The van der Waals surface area contributed by atoms with Gasteiger partial charge in [0.2, 0.25) is 0 Å². The zero-order valence-corrected chi connectivity index (χ0v) is 53.7. The average molecular weight is 1140 g/mol. The molecular weight excluding hydrogens is 1010 g/mol. The molecular formula is C76H128O6. The van der Waals surface area contributed by atoms with E-state index in [1.54, 1.807) is 0 Å². The second-order valence-corrected chi connectivity index (χ2v) is 22.7. The van der Waals surface area contributed by atoms with E-state index in [2.05, 4.69) is 136 Å². The van der Waals surface area contributed by atoms with Crippen LogP contribution in [-0.2, 0) is 28.6 Å². The molecule has 0 N–H and O–H groups in total. The molecule has 82 heavy (non-hydrogen) atoms. The molecule has 0 spiro atoms. The number of hydrogen-bond donors (Lipinski definition) is 0. The van der Waals surface area contributed by atoms with E-state index < -0.39 is 12.1 Å². The quantitative estimate of drug-likeness (QED) is 0.0261. The van der Waals surface area contributed by atoms with Crippen LogP contribution in [0.5, 0.6) is 0 Å². The molecule has 6 heteroatoms. The Bertz CT molecular complexity index is 1690. The fraction of sp³-hybridized carbons (Fsp3) is 0.697. The molecule has 0 fully saturated rings. The molecule has 0 heterocycles. The summed E-state index contributed by atoms with van der Waals surface area (Å²) in [6, 6.07) is 0. The van der Waals surface area contributed by atoms with Crippen molar-refractivity contribution in [3.63, 3.8) is 0 Å². The predicted octanol–water partition coefficient (Wildman–Crippen LogP) is 23.9. The molecule has 468 valence electrons. The maximum absolute atomic E-state index is 12.9. The summed E-state index contributed by atoms with van der Waals surface area (Å²) in [4.78, 5) is 38.3. The smallest absolute Gasteiger partial charge is 0.306 e. The van der Waals surface area contributed by atoms with Crippen molar-refractivity contribution in [3.05, 3.63) is 122 Å². The first-order valence-electron chi connectivity index (χ1n) is 34.5. The summed E-state index contributed by atoms with van der Waals surface area (Å²) in [6.07, 6.45) is 96.7. The van der Waals surface area contributed by atoms with Gasteiger partial charge in [-0.3, -0.25) is 14.4 Å². The molecule has 0 radical (unpaired) electrons. The van der Waals surface area contributed by atoms with Crippen LogP contribution in [0.4, 0.5) is 0 Å². The fourth-order valence-corrected chi connectivity index (χ4v) is 9.52. The molecule has 0 bridgehead atoms. The molecule has 0 rings (SSSR count). The van der Waals surface area contributed by atoms with Crippen molar-refractivity contribution in [2.45, 2.75) is 329 Å². The number of carbonyl (C=O) groups excluding carboxylic acids is 3. The molecule has 0 saturated carbocycles. The first kappa shape index (κ1) is 77.8. The number of hydrogen-bond acceptors (Lipinski definition) is 6. The van der Waals surface area contributed by atoms with Gasteiger partial charge in [0, 0.05) is 19.3 Å². The molecule has 1 atom stereocenters. The van der Waals surface area contributed by atoms with Crippen LogP contribution in [0.15, 0.2) is 122 Å². The van der Waals surface area contributed by atoms with Gasteiger partial charge in [-0.2, -0.15) is 0 Å². The minimum absolute atomic E-state index is 0.113. The Morgan fingerprint density at radius 1 is 0.256 bits per heavy atom. The van der Waals surface area contributed by atoms with E-state index in [0.29, 0.717) is 19.3 Å². The summed E-state index contributed by atoms with van der Waals surface area (Å²) < 4.78 is 16.9. The van der Waals surface area contributed by atoms with E-state index in [1.165, 1.54) is 167 Å². The van der Waals surface area contributed by atoms with Crippen LogP contribution in [0.3, 0.4) is 0 Å². The first-order chi connectivity index (χ1) is 40.5. The van der Waals surface area contributed by atoms with Crippen LogP contribution >= 0.6 is 0 Å². The summed E-state index contributed by atoms with van der Waals surface area (Å²) in [5, 5.41) is 0. The van der Waals surface area contributed by atoms with E-state index in [-0.39, 0.29) is 31.6 Å². The highest BCUT2D eigenvalue weighted by Gasteiger charge is 2.19. The maximum atomic E-state index is 12.9. The Labute approximate surface area is 507 Å². The lowest BCUT2D eigenvalue weighted by atomic mass is 10.0. The van der Waals surface area contributed by atoms with Crippen molar-refractivity contribution in [1.82, 2.24) is 0 Å². The van der Waals surface area contributed by atoms with Crippen LogP contribution < -0.4 is 0 Å². The van der Waals surface area contributed by atoms with Gasteiger partial charge < -0.3 is 14.2 Å². The van der Waals surface area contributed by atoms with Crippen LogP contribution in [0.25, 0.3) is 0 Å². The summed E-state index contributed by atoms with van der Waals surface area (Å²) in [5.74, 6) is -1.00. The Morgan fingerprint density at radius 2 is 0.512 bits per heavy atom. The Morgan fingerprint density at radius 3 is 0.829 bits per heavy atom. The zero-order valence-electron chi connectivity index (χ0n) is 53.7. The first-order valence-corrected chi connectivity index (χ1v) is 34.5. The van der Waals surface area contributed by atoms with Gasteiger partial charge in [0.1, 0.15) is 13.2 Å². The van der Waals surface area contributed by atoms with Gasteiger partial charge in [-0.1, -0.05) is 309 Å². The van der Waals surface area contributed by atoms with Gasteiger partial charge in [-0.15, -0.1) is 0 Å². The Kier molecular flexibility index (Phi) is 65.8. The molecule has 0 aliphatic rings. The van der Waals surface area contributed by atoms with Crippen LogP contribution in [-0.4, -0.2) is 37.2 Å². The zero-order chi connectivity index (χ0) is 59.2. The number of allylic oxidation sites excluding steroid dienone is 20. The van der Waals surface area contributed by atoms with Crippen molar-refractivity contribution < 1.29 is 28.6 Å². The number of rotatable bonds is 62. The molecule has 0 aromatic heterocycles. The second kappa shape index (κ2) is 69.3. The van der Waals surface area contributed by atoms with E-state index in [1.807, 2.05) is 6.08 Å². The monoisotopic (exact) mass is 1140 g/mol. The number of ether oxygens (including phenoxy) is 3. The molecule has 0 aliphatic heterocycles. The molecule has 0 aromatic carbocycles. The van der Waals surface area contributed by atoms with Crippen molar-refractivity contribution in [1.29, 1.82) is 0 Å².